The Bertz CT molecular complexity index is 832. The fourth-order valence-corrected chi connectivity index (χ4v) is 8.32. The number of nitro groups is 1. The van der Waals surface area contributed by atoms with E-state index in [4.69, 9.17) is 0 Å². The van der Waals surface area contributed by atoms with Crippen LogP contribution >= 0.6 is 0 Å². The SMILES string of the molecule is C[C@]12CC3CC(NS(=O)(=O)c4ccccc4[N+](=O)[O-])(C1)C[C@@](C)(C3)C2. The maximum atomic E-state index is 13.0. The minimum atomic E-state index is -3.94. The van der Waals surface area contributed by atoms with E-state index in [1.807, 2.05) is 0 Å². The Labute approximate surface area is 148 Å². The summed E-state index contributed by atoms with van der Waals surface area (Å²) in [6, 6.07) is 5.59. The van der Waals surface area contributed by atoms with Crippen LogP contribution < -0.4 is 4.72 Å². The molecule has 0 spiro atoms. The summed E-state index contributed by atoms with van der Waals surface area (Å²) in [5.74, 6) is 0.541. The van der Waals surface area contributed by atoms with Crippen LogP contribution in [0.2, 0.25) is 0 Å². The molecule has 4 atom stereocenters. The summed E-state index contributed by atoms with van der Waals surface area (Å²) >= 11 is 0. The first-order chi connectivity index (χ1) is 11.5. The molecule has 5 rings (SSSR count). The van der Waals surface area contributed by atoms with Crippen molar-refractivity contribution in [2.75, 3.05) is 0 Å². The zero-order valence-electron chi connectivity index (χ0n) is 14.6. The van der Waals surface area contributed by atoms with Crippen molar-refractivity contribution < 1.29 is 13.3 Å². The van der Waals surface area contributed by atoms with Gasteiger partial charge in [0.25, 0.3) is 5.69 Å². The molecular weight excluding hydrogens is 340 g/mol. The summed E-state index contributed by atoms with van der Waals surface area (Å²) in [6.07, 6.45) is 5.97. The second kappa shape index (κ2) is 5.04. The standard InChI is InChI=1S/C18H24N2O4S/c1-16-7-13-8-17(2,10-16)12-18(9-13,11-16)19-25(23,24)15-6-4-3-5-14(15)20(21)22/h3-6,13,19H,7-12H2,1-2H3/t13?,16-,17+,18?. The van der Waals surface area contributed by atoms with Crippen LogP contribution in [0, 0.1) is 26.9 Å². The highest BCUT2D eigenvalue weighted by Crippen LogP contribution is 2.66. The van der Waals surface area contributed by atoms with Gasteiger partial charge in [-0.3, -0.25) is 10.1 Å². The van der Waals surface area contributed by atoms with Gasteiger partial charge in [0, 0.05) is 11.6 Å². The van der Waals surface area contributed by atoms with Crippen LogP contribution in [0.3, 0.4) is 0 Å². The van der Waals surface area contributed by atoms with Crippen LogP contribution in [-0.4, -0.2) is 18.9 Å². The lowest BCUT2D eigenvalue weighted by atomic mass is 9.43. The van der Waals surface area contributed by atoms with E-state index in [2.05, 4.69) is 18.6 Å². The van der Waals surface area contributed by atoms with Gasteiger partial charge in [0.2, 0.25) is 10.0 Å². The number of sulfonamides is 1. The summed E-state index contributed by atoms with van der Waals surface area (Å²) in [7, 11) is -3.94. The van der Waals surface area contributed by atoms with Crippen molar-refractivity contribution in [2.24, 2.45) is 16.7 Å². The predicted octanol–water partition coefficient (Wildman–Crippen LogP) is 3.62. The topological polar surface area (TPSA) is 89.3 Å². The Morgan fingerprint density at radius 2 is 1.68 bits per heavy atom. The van der Waals surface area contributed by atoms with E-state index < -0.39 is 20.5 Å². The third-order valence-electron chi connectivity index (χ3n) is 6.33. The Hall–Kier alpha value is -1.47. The van der Waals surface area contributed by atoms with E-state index in [0.717, 1.165) is 38.5 Å². The molecule has 7 heteroatoms. The van der Waals surface area contributed by atoms with Crippen molar-refractivity contribution in [3.8, 4) is 0 Å². The van der Waals surface area contributed by atoms with Crippen LogP contribution in [0.1, 0.15) is 52.4 Å². The highest BCUT2D eigenvalue weighted by molar-refractivity contribution is 7.89. The zero-order valence-corrected chi connectivity index (χ0v) is 15.4. The molecule has 1 aromatic carbocycles. The monoisotopic (exact) mass is 364 g/mol. The van der Waals surface area contributed by atoms with Gasteiger partial charge in [0.1, 0.15) is 0 Å². The van der Waals surface area contributed by atoms with Crippen molar-refractivity contribution in [1.82, 2.24) is 4.72 Å². The van der Waals surface area contributed by atoms with Gasteiger partial charge in [-0.25, -0.2) is 13.1 Å². The average Bonchev–Trinajstić information content (AvgIpc) is 2.42. The summed E-state index contributed by atoms with van der Waals surface area (Å²) in [5.41, 5.74) is -0.499. The van der Waals surface area contributed by atoms with E-state index in [9.17, 15) is 18.5 Å². The molecule has 2 unspecified atom stereocenters. The van der Waals surface area contributed by atoms with Crippen LogP contribution in [0.5, 0.6) is 0 Å². The van der Waals surface area contributed by atoms with Gasteiger partial charge < -0.3 is 0 Å². The first kappa shape index (κ1) is 17.0. The number of nitro benzene ring substituents is 1. The Kier molecular flexibility index (Phi) is 3.42. The number of benzene rings is 1. The average molecular weight is 364 g/mol. The molecule has 6 nitrogen and oxygen atoms in total. The molecule has 25 heavy (non-hydrogen) atoms. The maximum absolute atomic E-state index is 13.0. The van der Waals surface area contributed by atoms with Gasteiger partial charge in [0.15, 0.2) is 4.90 Å². The van der Waals surface area contributed by atoms with Gasteiger partial charge in [0.05, 0.1) is 4.92 Å². The normalized spacial score (nSPS) is 39.5. The number of nitrogens with zero attached hydrogens (tertiary/aromatic N) is 1. The molecule has 0 aliphatic heterocycles. The molecule has 136 valence electrons. The molecular formula is C18H24N2O4S. The summed E-state index contributed by atoms with van der Waals surface area (Å²) < 4.78 is 29.0. The fraction of sp³-hybridized carbons (Fsp3) is 0.667. The van der Waals surface area contributed by atoms with Crippen molar-refractivity contribution >= 4 is 15.7 Å². The maximum Gasteiger partial charge on any atom is 0.289 e. The number of hydrogen-bond acceptors (Lipinski definition) is 4. The molecule has 4 fully saturated rings. The van der Waals surface area contributed by atoms with Crippen molar-refractivity contribution in [3.05, 3.63) is 34.4 Å². The Morgan fingerprint density at radius 1 is 1.08 bits per heavy atom. The Morgan fingerprint density at radius 3 is 2.24 bits per heavy atom. The second-order valence-electron chi connectivity index (χ2n) is 9.24. The number of hydrogen-bond donors (Lipinski definition) is 1. The largest absolute Gasteiger partial charge is 0.289 e. The van der Waals surface area contributed by atoms with Gasteiger partial charge in [-0.1, -0.05) is 26.0 Å². The van der Waals surface area contributed by atoms with Crippen LogP contribution in [0.15, 0.2) is 29.2 Å². The van der Waals surface area contributed by atoms with Crippen molar-refractivity contribution in [3.63, 3.8) is 0 Å². The van der Waals surface area contributed by atoms with Crippen molar-refractivity contribution in [2.45, 2.75) is 62.8 Å². The highest BCUT2D eigenvalue weighted by atomic mass is 32.2. The molecule has 4 aliphatic rings. The van der Waals surface area contributed by atoms with Crippen LogP contribution in [-0.2, 0) is 10.0 Å². The number of rotatable bonds is 4. The summed E-state index contributed by atoms with van der Waals surface area (Å²) in [6.45, 7) is 4.54. The lowest BCUT2D eigenvalue weighted by Crippen LogP contribution is -2.65. The Balaban J connectivity index is 1.72. The van der Waals surface area contributed by atoms with Crippen LogP contribution in [0.4, 0.5) is 5.69 Å². The first-order valence-corrected chi connectivity index (χ1v) is 10.3. The third kappa shape index (κ3) is 2.77. The minimum Gasteiger partial charge on any atom is -0.258 e. The molecule has 0 saturated heterocycles. The quantitative estimate of drug-likeness (QED) is 0.653. The van der Waals surface area contributed by atoms with E-state index in [1.54, 1.807) is 0 Å². The van der Waals surface area contributed by atoms with E-state index >= 15 is 0 Å². The molecule has 0 radical (unpaired) electrons. The van der Waals surface area contributed by atoms with E-state index in [1.165, 1.54) is 24.3 Å². The summed E-state index contributed by atoms with van der Waals surface area (Å²) in [4.78, 5) is 10.4. The molecule has 4 bridgehead atoms. The zero-order chi connectivity index (χ0) is 18.1. The molecule has 4 saturated carbocycles. The van der Waals surface area contributed by atoms with E-state index in [-0.39, 0.29) is 21.4 Å². The molecule has 4 aliphatic carbocycles. The molecule has 1 N–H and O–H groups in total. The van der Waals surface area contributed by atoms with Gasteiger partial charge in [-0.05, 0) is 61.3 Å². The first-order valence-electron chi connectivity index (χ1n) is 8.81. The number of nitrogens with one attached hydrogen (secondary N) is 1. The lowest BCUT2D eigenvalue weighted by molar-refractivity contribution is -0.387. The predicted molar refractivity (Wildman–Crippen MR) is 93.6 cm³/mol. The van der Waals surface area contributed by atoms with Crippen LogP contribution in [0.25, 0.3) is 0 Å². The molecule has 1 aromatic rings. The lowest BCUT2D eigenvalue weighted by Gasteiger charge is -2.65. The second-order valence-corrected chi connectivity index (χ2v) is 10.9. The molecule has 0 heterocycles. The van der Waals surface area contributed by atoms with E-state index in [0.29, 0.717) is 5.92 Å². The smallest absolute Gasteiger partial charge is 0.258 e. The van der Waals surface area contributed by atoms with Gasteiger partial charge >= 0.3 is 0 Å². The fourth-order valence-electron chi connectivity index (χ4n) is 6.74. The number of para-hydroxylation sites is 1. The van der Waals surface area contributed by atoms with Gasteiger partial charge in [-0.2, -0.15) is 0 Å². The minimum absolute atomic E-state index is 0.166. The third-order valence-corrected chi connectivity index (χ3v) is 7.95. The van der Waals surface area contributed by atoms with Crippen molar-refractivity contribution in [1.29, 1.82) is 0 Å². The molecule has 0 amide bonds. The summed E-state index contributed by atoms with van der Waals surface area (Å²) in [5, 5.41) is 11.2. The highest BCUT2D eigenvalue weighted by Gasteiger charge is 2.61. The van der Waals surface area contributed by atoms with Gasteiger partial charge in [-0.15, -0.1) is 0 Å². The molecule has 0 aromatic heterocycles.